The van der Waals surface area contributed by atoms with Crippen molar-refractivity contribution in [3.63, 3.8) is 0 Å². The Morgan fingerprint density at radius 2 is 1.72 bits per heavy atom. The fourth-order valence-electron chi connectivity index (χ4n) is 4.68. The van der Waals surface area contributed by atoms with E-state index in [0.717, 1.165) is 37.1 Å². The van der Waals surface area contributed by atoms with Crippen LogP contribution in [0.3, 0.4) is 0 Å². The topological polar surface area (TPSA) is 124 Å². The number of pyridine rings is 1. The monoisotopic (exact) mass is 662 g/mol. The molecule has 0 saturated heterocycles. The number of hydrogen-bond acceptors (Lipinski definition) is 8. The van der Waals surface area contributed by atoms with E-state index < -0.39 is 29.8 Å². The highest BCUT2D eigenvalue weighted by Gasteiger charge is 2.32. The molecule has 0 aliphatic carbocycles. The first-order valence-corrected chi connectivity index (χ1v) is 15.0. The van der Waals surface area contributed by atoms with Gasteiger partial charge in [0, 0.05) is 30.1 Å². The lowest BCUT2D eigenvalue weighted by molar-refractivity contribution is -0.274. The zero-order valence-electron chi connectivity index (χ0n) is 25.6. The standard InChI is InChI=1S/C32H34ClF3N4O6/c1-31(2,3)46-30(43)40(18-20-9-12-26(24(33)15-20)45-32(34,35)36)13-7-5-4-6-8-14-44-28-27-23(17-37-19-38-27)22-11-10-21(29(41)42)16-25(22)39-28/h9-12,15-17,19H,4-8,13-14,18H2,1-3H3,(H,41,42). The van der Waals surface area contributed by atoms with Crippen molar-refractivity contribution < 1.29 is 42.1 Å². The molecule has 4 rings (SSSR count). The number of alkyl halides is 3. The number of fused-ring (bicyclic) bond motifs is 3. The Morgan fingerprint density at radius 1 is 0.978 bits per heavy atom. The second-order valence-corrected chi connectivity index (χ2v) is 12.0. The number of nitrogens with zero attached hydrogens (tertiary/aromatic N) is 4. The average Bonchev–Trinajstić information content (AvgIpc) is 2.97. The van der Waals surface area contributed by atoms with Gasteiger partial charge in [-0.05, 0) is 63.4 Å². The molecule has 1 N–H and O–H groups in total. The second kappa shape index (κ2) is 14.8. The summed E-state index contributed by atoms with van der Waals surface area (Å²) in [6.07, 6.45) is 1.54. The van der Waals surface area contributed by atoms with Crippen molar-refractivity contribution in [3.8, 4) is 11.6 Å². The number of benzene rings is 2. The molecule has 1 amide bonds. The van der Waals surface area contributed by atoms with E-state index in [2.05, 4.69) is 19.7 Å². The minimum absolute atomic E-state index is 0.0962. The quantitative estimate of drug-likeness (QED) is 0.111. The van der Waals surface area contributed by atoms with E-state index in [1.54, 1.807) is 33.0 Å². The summed E-state index contributed by atoms with van der Waals surface area (Å²) in [6, 6.07) is 8.57. The maximum atomic E-state index is 12.9. The lowest BCUT2D eigenvalue weighted by Gasteiger charge is -2.27. The van der Waals surface area contributed by atoms with Crippen LogP contribution in [0.1, 0.15) is 68.8 Å². The number of unbranched alkanes of at least 4 members (excludes halogenated alkanes) is 4. The number of carbonyl (C=O) groups excluding carboxylic acids is 1. The molecule has 0 radical (unpaired) electrons. The molecule has 0 bridgehead atoms. The molecular weight excluding hydrogens is 629 g/mol. The molecule has 0 spiro atoms. The zero-order valence-corrected chi connectivity index (χ0v) is 26.3. The summed E-state index contributed by atoms with van der Waals surface area (Å²) in [5.74, 6) is -1.27. The van der Waals surface area contributed by atoms with Crippen molar-refractivity contribution in [1.82, 2.24) is 19.9 Å². The number of halogens is 4. The van der Waals surface area contributed by atoms with Crippen molar-refractivity contribution in [2.45, 2.75) is 71.4 Å². The first-order valence-electron chi connectivity index (χ1n) is 14.6. The van der Waals surface area contributed by atoms with Gasteiger partial charge in [0.2, 0.25) is 5.88 Å². The van der Waals surface area contributed by atoms with E-state index in [4.69, 9.17) is 21.1 Å². The maximum absolute atomic E-state index is 12.9. The van der Waals surface area contributed by atoms with Gasteiger partial charge in [-0.2, -0.15) is 0 Å². The van der Waals surface area contributed by atoms with Crippen LogP contribution in [-0.4, -0.2) is 62.1 Å². The van der Waals surface area contributed by atoms with Crippen LogP contribution in [0.2, 0.25) is 5.02 Å². The van der Waals surface area contributed by atoms with E-state index in [-0.39, 0.29) is 17.1 Å². The SMILES string of the molecule is CC(C)(C)OC(=O)N(CCCCCCCOc1nc2cc(C(=O)O)ccc2c2cncnc12)Cc1ccc(OC(F)(F)F)c(Cl)c1. The van der Waals surface area contributed by atoms with Crippen LogP contribution in [0.15, 0.2) is 48.9 Å². The number of carboxylic acid groups (broad SMARTS) is 1. The fourth-order valence-corrected chi connectivity index (χ4v) is 4.92. The van der Waals surface area contributed by atoms with Crippen LogP contribution in [0.4, 0.5) is 18.0 Å². The Balaban J connectivity index is 1.29. The number of carboxylic acids is 1. The van der Waals surface area contributed by atoms with Crippen molar-refractivity contribution in [2.24, 2.45) is 0 Å². The lowest BCUT2D eigenvalue weighted by atomic mass is 10.1. The molecule has 0 fully saturated rings. The lowest BCUT2D eigenvalue weighted by Crippen LogP contribution is -2.37. The molecule has 46 heavy (non-hydrogen) atoms. The van der Waals surface area contributed by atoms with Crippen LogP contribution in [0.5, 0.6) is 11.6 Å². The number of amides is 1. The minimum Gasteiger partial charge on any atom is -0.478 e. The van der Waals surface area contributed by atoms with Crippen LogP contribution >= 0.6 is 11.6 Å². The average molecular weight is 663 g/mol. The molecule has 4 aromatic rings. The van der Waals surface area contributed by atoms with E-state index in [1.165, 1.54) is 35.5 Å². The Morgan fingerprint density at radius 3 is 2.41 bits per heavy atom. The van der Waals surface area contributed by atoms with Crippen molar-refractivity contribution in [2.75, 3.05) is 13.2 Å². The van der Waals surface area contributed by atoms with Crippen molar-refractivity contribution in [3.05, 3.63) is 65.1 Å². The Labute approximate surface area is 268 Å². The zero-order chi connectivity index (χ0) is 33.5. The van der Waals surface area contributed by atoms with E-state index >= 15 is 0 Å². The predicted molar refractivity (Wildman–Crippen MR) is 165 cm³/mol. The number of rotatable bonds is 13. The van der Waals surface area contributed by atoms with Crippen LogP contribution < -0.4 is 9.47 Å². The largest absolute Gasteiger partial charge is 0.573 e. The predicted octanol–water partition coefficient (Wildman–Crippen LogP) is 8.19. The molecule has 2 aromatic heterocycles. The van der Waals surface area contributed by atoms with Crippen molar-refractivity contribution in [1.29, 1.82) is 0 Å². The summed E-state index contributed by atoms with van der Waals surface area (Å²) >= 11 is 6.00. The van der Waals surface area contributed by atoms with Gasteiger partial charge in [0.25, 0.3) is 0 Å². The molecule has 246 valence electrons. The normalized spacial score (nSPS) is 11.9. The Bertz CT molecular complexity index is 1700. The first kappa shape index (κ1) is 34.5. The number of ether oxygens (including phenoxy) is 3. The summed E-state index contributed by atoms with van der Waals surface area (Å²) in [4.78, 5) is 38.8. The summed E-state index contributed by atoms with van der Waals surface area (Å²) in [5, 5.41) is 10.6. The number of aromatic nitrogens is 3. The molecule has 0 aliphatic heterocycles. The maximum Gasteiger partial charge on any atom is 0.573 e. The van der Waals surface area contributed by atoms with Gasteiger partial charge in [-0.25, -0.2) is 24.5 Å². The highest BCUT2D eigenvalue weighted by Crippen LogP contribution is 2.32. The smallest absolute Gasteiger partial charge is 0.478 e. The third-order valence-corrected chi connectivity index (χ3v) is 7.03. The van der Waals surface area contributed by atoms with Gasteiger partial charge in [0.15, 0.2) is 0 Å². The van der Waals surface area contributed by atoms with Gasteiger partial charge >= 0.3 is 18.4 Å². The van der Waals surface area contributed by atoms with Gasteiger partial charge in [-0.15, -0.1) is 13.2 Å². The molecule has 2 heterocycles. The van der Waals surface area contributed by atoms with E-state index in [9.17, 15) is 27.9 Å². The Hall–Kier alpha value is -4.39. The molecule has 14 heteroatoms. The summed E-state index contributed by atoms with van der Waals surface area (Å²) < 4.78 is 53.2. The number of carbonyl (C=O) groups is 2. The number of hydrogen-bond donors (Lipinski definition) is 1. The van der Waals surface area contributed by atoms with Crippen LogP contribution in [0, 0.1) is 0 Å². The van der Waals surface area contributed by atoms with Crippen molar-refractivity contribution >= 4 is 45.5 Å². The molecule has 0 aliphatic rings. The third kappa shape index (κ3) is 9.80. The summed E-state index contributed by atoms with van der Waals surface area (Å²) in [6.45, 7) is 6.09. The third-order valence-electron chi connectivity index (χ3n) is 6.73. The molecule has 10 nitrogen and oxygen atoms in total. The minimum atomic E-state index is -4.87. The molecule has 0 atom stereocenters. The number of aromatic carboxylic acids is 1. The molecule has 0 unspecified atom stereocenters. The Kier molecular flexibility index (Phi) is 11.1. The van der Waals surface area contributed by atoms with Crippen LogP contribution in [-0.2, 0) is 11.3 Å². The van der Waals surface area contributed by atoms with Gasteiger partial charge in [-0.1, -0.05) is 43.0 Å². The fraction of sp³-hybridized carbons (Fsp3) is 0.406. The van der Waals surface area contributed by atoms with E-state index in [0.29, 0.717) is 47.4 Å². The van der Waals surface area contributed by atoms with Gasteiger partial charge in [0.05, 0.1) is 22.7 Å². The summed E-state index contributed by atoms with van der Waals surface area (Å²) in [5.41, 5.74) is 0.926. The molecule has 0 saturated carbocycles. The van der Waals surface area contributed by atoms with Gasteiger partial charge < -0.3 is 24.2 Å². The van der Waals surface area contributed by atoms with E-state index in [1.807, 2.05) is 0 Å². The van der Waals surface area contributed by atoms with Gasteiger partial charge in [0.1, 0.15) is 23.2 Å². The highest BCUT2D eigenvalue weighted by atomic mass is 35.5. The first-order chi connectivity index (χ1) is 21.7. The summed E-state index contributed by atoms with van der Waals surface area (Å²) in [7, 11) is 0. The van der Waals surface area contributed by atoms with Gasteiger partial charge in [-0.3, -0.25) is 0 Å². The van der Waals surface area contributed by atoms with Crippen LogP contribution in [0.25, 0.3) is 21.8 Å². The highest BCUT2D eigenvalue weighted by molar-refractivity contribution is 6.32. The molecule has 2 aromatic carbocycles. The second-order valence-electron chi connectivity index (χ2n) is 11.6. The molecular formula is C32H34ClF3N4O6.